The molecular formula is C31H61NO3. The number of carbonyl (C=O) groups is 2. The van der Waals surface area contributed by atoms with E-state index >= 15 is 0 Å². The molecule has 0 bridgehead atoms. The molecule has 1 N–H and O–H groups in total. The molecule has 35 heavy (non-hydrogen) atoms. The number of esters is 1. The smallest absolute Gasteiger partial charge is 0.305 e. The van der Waals surface area contributed by atoms with Crippen LogP contribution in [-0.2, 0) is 14.3 Å². The molecule has 0 aliphatic rings. The first-order chi connectivity index (χ1) is 17.2. The molecule has 4 heteroatoms. The maximum absolute atomic E-state index is 11.9. The Hall–Kier alpha value is -1.06. The van der Waals surface area contributed by atoms with Gasteiger partial charge in [-0.3, -0.25) is 9.59 Å². The maximum atomic E-state index is 11.9. The highest BCUT2D eigenvalue weighted by Crippen LogP contribution is 2.12. The van der Waals surface area contributed by atoms with Crippen LogP contribution < -0.4 is 5.32 Å². The molecule has 0 aromatic heterocycles. The second-order valence-electron chi connectivity index (χ2n) is 10.5. The minimum Gasteiger partial charge on any atom is -0.466 e. The van der Waals surface area contributed by atoms with Crippen molar-refractivity contribution in [3.63, 3.8) is 0 Å². The number of nitrogens with one attached hydrogen (secondary N) is 1. The topological polar surface area (TPSA) is 55.4 Å². The highest BCUT2D eigenvalue weighted by Gasteiger charge is 2.04. The molecule has 0 atom stereocenters. The largest absolute Gasteiger partial charge is 0.466 e. The highest BCUT2D eigenvalue weighted by atomic mass is 16.5. The third-order valence-corrected chi connectivity index (χ3v) is 6.90. The maximum Gasteiger partial charge on any atom is 0.305 e. The van der Waals surface area contributed by atoms with E-state index in [0.717, 1.165) is 38.6 Å². The predicted molar refractivity (Wildman–Crippen MR) is 151 cm³/mol. The Bertz CT molecular complexity index is 413. The molecule has 0 radical (unpaired) electrons. The SMILES string of the molecule is CCCCCCCCCCCCCC(=O)OCCCCC(=O)NCCCCCCCCCCCC. The second kappa shape index (κ2) is 29.2. The van der Waals surface area contributed by atoms with Crippen molar-refractivity contribution in [3.8, 4) is 0 Å². The summed E-state index contributed by atoms with van der Waals surface area (Å²) in [5.74, 6) is 0.0551. The van der Waals surface area contributed by atoms with Crippen molar-refractivity contribution in [3.05, 3.63) is 0 Å². The molecule has 0 spiro atoms. The van der Waals surface area contributed by atoms with Crippen molar-refractivity contribution in [2.75, 3.05) is 13.2 Å². The minimum absolute atomic E-state index is 0.0775. The third kappa shape index (κ3) is 29.1. The summed E-state index contributed by atoms with van der Waals surface area (Å²) in [7, 11) is 0. The summed E-state index contributed by atoms with van der Waals surface area (Å²) in [4.78, 5) is 23.7. The number of hydrogen-bond donors (Lipinski definition) is 1. The van der Waals surface area contributed by atoms with Crippen LogP contribution in [0.5, 0.6) is 0 Å². The van der Waals surface area contributed by atoms with Gasteiger partial charge in [0.2, 0.25) is 5.91 Å². The van der Waals surface area contributed by atoms with Gasteiger partial charge in [0.1, 0.15) is 0 Å². The van der Waals surface area contributed by atoms with Crippen LogP contribution >= 0.6 is 0 Å². The van der Waals surface area contributed by atoms with E-state index in [1.807, 2.05) is 0 Å². The highest BCUT2D eigenvalue weighted by molar-refractivity contribution is 5.75. The molecule has 208 valence electrons. The lowest BCUT2D eigenvalue weighted by atomic mass is 10.1. The van der Waals surface area contributed by atoms with Gasteiger partial charge in [-0.1, -0.05) is 136 Å². The van der Waals surface area contributed by atoms with Gasteiger partial charge in [-0.05, 0) is 25.7 Å². The molecule has 0 rings (SSSR count). The van der Waals surface area contributed by atoms with E-state index < -0.39 is 0 Å². The fraction of sp³-hybridized carbons (Fsp3) is 0.935. The first kappa shape index (κ1) is 33.9. The van der Waals surface area contributed by atoms with Crippen molar-refractivity contribution in [1.29, 1.82) is 0 Å². The lowest BCUT2D eigenvalue weighted by molar-refractivity contribution is -0.143. The first-order valence-electron chi connectivity index (χ1n) is 15.6. The summed E-state index contributed by atoms with van der Waals surface area (Å²) in [6.45, 7) is 5.76. The van der Waals surface area contributed by atoms with Gasteiger partial charge in [-0.25, -0.2) is 0 Å². The van der Waals surface area contributed by atoms with Crippen LogP contribution in [0.2, 0.25) is 0 Å². The normalized spacial score (nSPS) is 11.0. The molecule has 0 heterocycles. The van der Waals surface area contributed by atoms with Gasteiger partial charge in [0.05, 0.1) is 6.61 Å². The van der Waals surface area contributed by atoms with Crippen molar-refractivity contribution in [2.45, 2.75) is 174 Å². The van der Waals surface area contributed by atoms with Gasteiger partial charge in [-0.2, -0.15) is 0 Å². The summed E-state index contributed by atoms with van der Waals surface area (Å²) >= 11 is 0. The van der Waals surface area contributed by atoms with Gasteiger partial charge in [0, 0.05) is 19.4 Å². The number of unbranched alkanes of at least 4 members (excludes halogenated alkanes) is 20. The molecule has 0 saturated carbocycles. The van der Waals surface area contributed by atoms with Gasteiger partial charge < -0.3 is 10.1 Å². The van der Waals surface area contributed by atoms with Crippen molar-refractivity contribution in [1.82, 2.24) is 5.32 Å². The number of amides is 1. The molecule has 0 fully saturated rings. The van der Waals surface area contributed by atoms with E-state index in [4.69, 9.17) is 4.74 Å². The Morgan fingerprint density at radius 1 is 0.486 bits per heavy atom. The molecule has 4 nitrogen and oxygen atoms in total. The average Bonchev–Trinajstić information content (AvgIpc) is 2.85. The number of hydrogen-bond acceptors (Lipinski definition) is 3. The first-order valence-corrected chi connectivity index (χ1v) is 15.6. The fourth-order valence-corrected chi connectivity index (χ4v) is 4.51. The Morgan fingerprint density at radius 2 is 0.886 bits per heavy atom. The van der Waals surface area contributed by atoms with Crippen molar-refractivity contribution >= 4 is 11.9 Å². The monoisotopic (exact) mass is 495 g/mol. The van der Waals surface area contributed by atoms with Crippen LogP contribution in [-0.4, -0.2) is 25.0 Å². The van der Waals surface area contributed by atoms with Crippen LogP contribution in [0, 0.1) is 0 Å². The molecule has 0 aromatic rings. The zero-order valence-corrected chi connectivity index (χ0v) is 23.8. The van der Waals surface area contributed by atoms with E-state index in [0.29, 0.717) is 19.4 Å². The van der Waals surface area contributed by atoms with Crippen LogP contribution in [0.1, 0.15) is 174 Å². The van der Waals surface area contributed by atoms with Gasteiger partial charge in [0.25, 0.3) is 0 Å². The lowest BCUT2D eigenvalue weighted by Crippen LogP contribution is -2.24. The average molecular weight is 496 g/mol. The summed E-state index contributed by atoms with van der Waals surface area (Å²) in [6, 6.07) is 0. The summed E-state index contributed by atoms with van der Waals surface area (Å²) in [5, 5.41) is 3.02. The third-order valence-electron chi connectivity index (χ3n) is 6.90. The number of ether oxygens (including phenoxy) is 1. The fourth-order valence-electron chi connectivity index (χ4n) is 4.51. The zero-order chi connectivity index (χ0) is 25.7. The van der Waals surface area contributed by atoms with Crippen LogP contribution in [0.25, 0.3) is 0 Å². The molecule has 0 unspecified atom stereocenters. The van der Waals surface area contributed by atoms with E-state index in [-0.39, 0.29) is 11.9 Å². The minimum atomic E-state index is -0.0775. The molecule has 0 saturated heterocycles. The van der Waals surface area contributed by atoms with E-state index in [1.165, 1.54) is 116 Å². The van der Waals surface area contributed by atoms with Gasteiger partial charge >= 0.3 is 5.97 Å². The number of rotatable bonds is 28. The Labute approximate surface area is 219 Å². The summed E-state index contributed by atoms with van der Waals surface area (Å²) in [5.41, 5.74) is 0. The predicted octanol–water partition coefficient (Wildman–Crippen LogP) is 9.44. The molecular weight excluding hydrogens is 434 g/mol. The Morgan fingerprint density at radius 3 is 1.37 bits per heavy atom. The van der Waals surface area contributed by atoms with E-state index in [2.05, 4.69) is 19.2 Å². The van der Waals surface area contributed by atoms with Crippen LogP contribution in [0.4, 0.5) is 0 Å². The van der Waals surface area contributed by atoms with Crippen molar-refractivity contribution < 1.29 is 14.3 Å². The zero-order valence-electron chi connectivity index (χ0n) is 23.8. The van der Waals surface area contributed by atoms with Gasteiger partial charge in [0.15, 0.2) is 0 Å². The molecule has 0 aromatic carbocycles. The summed E-state index contributed by atoms with van der Waals surface area (Å²) in [6.07, 6.45) is 29.9. The standard InChI is InChI=1S/C31H61NO3/c1-3-5-7-9-11-13-15-16-18-20-22-27-31(34)35-29-25-23-26-30(33)32-28-24-21-19-17-14-12-10-8-6-4-2/h3-29H2,1-2H3,(H,32,33). The van der Waals surface area contributed by atoms with E-state index in [1.54, 1.807) is 0 Å². The summed E-state index contributed by atoms with van der Waals surface area (Å²) < 4.78 is 5.32. The van der Waals surface area contributed by atoms with Crippen LogP contribution in [0.15, 0.2) is 0 Å². The van der Waals surface area contributed by atoms with Crippen molar-refractivity contribution in [2.24, 2.45) is 0 Å². The van der Waals surface area contributed by atoms with Gasteiger partial charge in [-0.15, -0.1) is 0 Å². The molecule has 0 aliphatic heterocycles. The lowest BCUT2D eigenvalue weighted by Gasteiger charge is -2.07. The van der Waals surface area contributed by atoms with Crippen LogP contribution in [0.3, 0.4) is 0 Å². The Kier molecular flexibility index (Phi) is 28.3. The van der Waals surface area contributed by atoms with E-state index in [9.17, 15) is 9.59 Å². The quantitative estimate of drug-likeness (QED) is 0.0868. The Balaban J connectivity index is 3.27. The molecule has 1 amide bonds. The second-order valence-corrected chi connectivity index (χ2v) is 10.5. The number of carbonyl (C=O) groups excluding carboxylic acids is 2. The molecule has 0 aliphatic carbocycles.